The molecule has 0 radical (unpaired) electrons. The number of fused-ring (bicyclic) bond motifs is 2. The molecule has 26 heavy (non-hydrogen) atoms. The summed E-state index contributed by atoms with van der Waals surface area (Å²) in [4.78, 5) is 21.4. The van der Waals surface area contributed by atoms with Gasteiger partial charge in [-0.1, -0.05) is 0 Å². The summed E-state index contributed by atoms with van der Waals surface area (Å²) in [6.07, 6.45) is 0. The Balaban J connectivity index is 1.70. The van der Waals surface area contributed by atoms with Crippen LogP contribution in [0.15, 0.2) is 30.3 Å². The third kappa shape index (κ3) is 2.38. The second-order valence-corrected chi connectivity index (χ2v) is 6.04. The second kappa shape index (κ2) is 5.67. The van der Waals surface area contributed by atoms with Gasteiger partial charge < -0.3 is 4.57 Å². The minimum absolute atomic E-state index is 0.283. The molecule has 0 fully saturated rings. The summed E-state index contributed by atoms with van der Waals surface area (Å²) in [5.41, 5.74) is 3.79. The van der Waals surface area contributed by atoms with E-state index in [2.05, 4.69) is 26.5 Å². The van der Waals surface area contributed by atoms with Crippen LogP contribution in [0.2, 0.25) is 0 Å². The van der Waals surface area contributed by atoms with E-state index in [1.165, 1.54) is 0 Å². The summed E-state index contributed by atoms with van der Waals surface area (Å²) in [5, 5.41) is 17.0. The standard InChI is InChI=1S/C18H15N7O/c1-10-12-5-6-13(20-16(12)25(3)23-10)17(26)22-18-21-14-8-11(9-19)4-7-15(14)24(18)2/h4-8H,1-3H3,(H,21,22,26). The van der Waals surface area contributed by atoms with Crippen molar-refractivity contribution in [1.29, 1.82) is 5.26 Å². The molecule has 1 aromatic carbocycles. The van der Waals surface area contributed by atoms with Crippen LogP contribution >= 0.6 is 0 Å². The largest absolute Gasteiger partial charge is 0.313 e. The van der Waals surface area contributed by atoms with Gasteiger partial charge in [-0.15, -0.1) is 0 Å². The van der Waals surface area contributed by atoms with Crippen LogP contribution in [0.25, 0.3) is 22.1 Å². The van der Waals surface area contributed by atoms with Crippen molar-refractivity contribution < 1.29 is 4.79 Å². The van der Waals surface area contributed by atoms with Gasteiger partial charge in [0.2, 0.25) is 5.95 Å². The number of hydrogen-bond donors (Lipinski definition) is 1. The third-order valence-corrected chi connectivity index (χ3v) is 4.34. The lowest BCUT2D eigenvalue weighted by molar-refractivity contribution is 0.102. The molecule has 0 atom stereocenters. The summed E-state index contributed by atoms with van der Waals surface area (Å²) in [7, 11) is 3.60. The highest BCUT2D eigenvalue weighted by Crippen LogP contribution is 2.20. The molecule has 0 saturated carbocycles. The molecule has 128 valence electrons. The Morgan fingerprint density at radius 3 is 2.77 bits per heavy atom. The molecule has 0 unspecified atom stereocenters. The topological polar surface area (TPSA) is 101 Å². The number of carbonyl (C=O) groups is 1. The summed E-state index contributed by atoms with van der Waals surface area (Å²) in [6.45, 7) is 1.90. The maximum Gasteiger partial charge on any atom is 0.276 e. The number of hydrogen-bond acceptors (Lipinski definition) is 5. The average molecular weight is 345 g/mol. The summed E-state index contributed by atoms with van der Waals surface area (Å²) in [5.74, 6) is 0.0350. The highest BCUT2D eigenvalue weighted by molar-refractivity contribution is 6.03. The highest BCUT2D eigenvalue weighted by atomic mass is 16.2. The van der Waals surface area contributed by atoms with Gasteiger partial charge in [0.15, 0.2) is 5.65 Å². The molecule has 0 spiro atoms. The Morgan fingerprint density at radius 1 is 1.19 bits per heavy atom. The first-order valence-corrected chi connectivity index (χ1v) is 7.96. The quantitative estimate of drug-likeness (QED) is 0.600. The predicted octanol–water partition coefficient (Wildman–Crippen LogP) is 2.29. The molecule has 0 aliphatic heterocycles. The van der Waals surface area contributed by atoms with Gasteiger partial charge in [-0.05, 0) is 37.3 Å². The molecule has 0 bridgehead atoms. The lowest BCUT2D eigenvalue weighted by Crippen LogP contribution is -2.16. The summed E-state index contributed by atoms with van der Waals surface area (Å²) >= 11 is 0. The molecule has 4 aromatic rings. The number of imidazole rings is 1. The van der Waals surface area contributed by atoms with Gasteiger partial charge >= 0.3 is 0 Å². The maximum absolute atomic E-state index is 12.6. The van der Waals surface area contributed by atoms with Gasteiger partial charge in [0.1, 0.15) is 5.69 Å². The summed E-state index contributed by atoms with van der Waals surface area (Å²) in [6, 6.07) is 10.8. The molecule has 4 rings (SSSR count). The molecular formula is C18H15N7O. The molecule has 1 N–H and O–H groups in total. The summed E-state index contributed by atoms with van der Waals surface area (Å²) < 4.78 is 3.42. The Labute approximate surface area is 148 Å². The van der Waals surface area contributed by atoms with Crippen LogP contribution in [-0.4, -0.2) is 30.2 Å². The Hall–Kier alpha value is -3.73. The molecule has 0 aliphatic carbocycles. The van der Waals surface area contributed by atoms with Gasteiger partial charge in [-0.25, -0.2) is 9.97 Å². The normalized spacial score (nSPS) is 11.0. The van der Waals surface area contributed by atoms with E-state index in [0.717, 1.165) is 16.6 Å². The van der Waals surface area contributed by atoms with E-state index in [0.29, 0.717) is 22.7 Å². The van der Waals surface area contributed by atoms with Crippen LogP contribution in [-0.2, 0) is 14.1 Å². The van der Waals surface area contributed by atoms with Crippen molar-refractivity contribution >= 4 is 33.9 Å². The van der Waals surface area contributed by atoms with Gasteiger partial charge in [0.05, 0.1) is 28.4 Å². The molecular weight excluding hydrogens is 330 g/mol. The van der Waals surface area contributed by atoms with Crippen molar-refractivity contribution in [3.05, 3.63) is 47.3 Å². The molecule has 8 heteroatoms. The van der Waals surface area contributed by atoms with E-state index in [-0.39, 0.29) is 11.6 Å². The third-order valence-electron chi connectivity index (χ3n) is 4.34. The molecule has 0 aliphatic rings. The number of aromatic nitrogens is 5. The lowest BCUT2D eigenvalue weighted by Gasteiger charge is -2.05. The van der Waals surface area contributed by atoms with Crippen molar-refractivity contribution in [2.24, 2.45) is 14.1 Å². The van der Waals surface area contributed by atoms with Gasteiger partial charge in [-0.2, -0.15) is 10.4 Å². The Bertz CT molecular complexity index is 1230. The number of carbonyl (C=O) groups excluding carboxylic acids is 1. The number of pyridine rings is 1. The minimum atomic E-state index is -0.357. The second-order valence-electron chi connectivity index (χ2n) is 6.04. The SMILES string of the molecule is Cc1nn(C)c2nc(C(=O)Nc3nc4cc(C#N)ccc4n3C)ccc12. The average Bonchev–Trinajstić information content (AvgIpc) is 3.10. The van der Waals surface area contributed by atoms with Gasteiger partial charge in [0, 0.05) is 19.5 Å². The van der Waals surface area contributed by atoms with E-state index in [1.807, 2.05) is 13.0 Å². The van der Waals surface area contributed by atoms with E-state index in [1.54, 1.807) is 47.6 Å². The first-order valence-electron chi connectivity index (χ1n) is 7.96. The number of nitrogens with one attached hydrogen (secondary N) is 1. The molecule has 3 heterocycles. The van der Waals surface area contributed by atoms with Crippen LogP contribution in [0.5, 0.6) is 0 Å². The fourth-order valence-electron chi connectivity index (χ4n) is 2.98. The number of amides is 1. The number of anilines is 1. The van der Waals surface area contributed by atoms with E-state index in [9.17, 15) is 4.79 Å². The van der Waals surface area contributed by atoms with Crippen molar-refractivity contribution in [3.63, 3.8) is 0 Å². The highest BCUT2D eigenvalue weighted by Gasteiger charge is 2.16. The van der Waals surface area contributed by atoms with Crippen molar-refractivity contribution in [3.8, 4) is 6.07 Å². The predicted molar refractivity (Wildman–Crippen MR) is 96.6 cm³/mol. The van der Waals surface area contributed by atoms with E-state index in [4.69, 9.17) is 5.26 Å². The van der Waals surface area contributed by atoms with Crippen LogP contribution in [0, 0.1) is 18.3 Å². The lowest BCUT2D eigenvalue weighted by atomic mass is 10.2. The van der Waals surface area contributed by atoms with Crippen molar-refractivity contribution in [2.45, 2.75) is 6.92 Å². The maximum atomic E-state index is 12.6. The molecule has 3 aromatic heterocycles. The van der Waals surface area contributed by atoms with Crippen LogP contribution in [0.1, 0.15) is 21.7 Å². The van der Waals surface area contributed by atoms with Gasteiger partial charge in [-0.3, -0.25) is 14.8 Å². The first kappa shape index (κ1) is 15.8. The zero-order chi connectivity index (χ0) is 18.4. The van der Waals surface area contributed by atoms with Crippen LogP contribution < -0.4 is 5.32 Å². The zero-order valence-corrected chi connectivity index (χ0v) is 14.5. The number of nitriles is 1. The fourth-order valence-corrected chi connectivity index (χ4v) is 2.98. The van der Waals surface area contributed by atoms with Crippen molar-refractivity contribution in [2.75, 3.05) is 5.32 Å². The number of benzene rings is 1. The van der Waals surface area contributed by atoms with E-state index >= 15 is 0 Å². The number of nitrogens with zero attached hydrogens (tertiary/aromatic N) is 6. The Kier molecular flexibility index (Phi) is 3.44. The fraction of sp³-hybridized carbons (Fsp3) is 0.167. The molecule has 8 nitrogen and oxygen atoms in total. The number of aryl methyl sites for hydroxylation is 3. The van der Waals surface area contributed by atoms with Gasteiger partial charge in [0.25, 0.3) is 5.91 Å². The first-order chi connectivity index (χ1) is 12.5. The van der Waals surface area contributed by atoms with Crippen LogP contribution in [0.3, 0.4) is 0 Å². The Morgan fingerprint density at radius 2 is 2.00 bits per heavy atom. The minimum Gasteiger partial charge on any atom is -0.313 e. The smallest absolute Gasteiger partial charge is 0.276 e. The van der Waals surface area contributed by atoms with Crippen molar-refractivity contribution in [1.82, 2.24) is 24.3 Å². The molecule has 0 saturated heterocycles. The van der Waals surface area contributed by atoms with Crippen LogP contribution in [0.4, 0.5) is 5.95 Å². The van der Waals surface area contributed by atoms with E-state index < -0.39 is 0 Å². The number of rotatable bonds is 2. The zero-order valence-electron chi connectivity index (χ0n) is 14.5. The monoisotopic (exact) mass is 345 g/mol. The molecule has 1 amide bonds.